The predicted molar refractivity (Wildman–Crippen MR) is 70.7 cm³/mol. The van der Waals surface area contributed by atoms with E-state index in [0.29, 0.717) is 0 Å². The third kappa shape index (κ3) is 3.39. The number of halogens is 1. The third-order valence-electron chi connectivity index (χ3n) is 2.78. The topological polar surface area (TPSA) is 65.0 Å². The van der Waals surface area contributed by atoms with Crippen molar-refractivity contribution in [3.05, 3.63) is 23.3 Å². The summed E-state index contributed by atoms with van der Waals surface area (Å²) in [6, 6.07) is 2.79. The quantitative estimate of drug-likeness (QED) is 0.813. The minimum atomic E-state index is -1.49. The Bertz CT molecular complexity index is 473. The number of esters is 1. The Kier molecular flexibility index (Phi) is 5.76. The molecule has 0 aliphatic heterocycles. The Morgan fingerprint density at radius 1 is 1.35 bits per heavy atom. The van der Waals surface area contributed by atoms with E-state index in [1.54, 1.807) is 6.92 Å². The molecule has 0 spiro atoms. The summed E-state index contributed by atoms with van der Waals surface area (Å²) in [5, 5.41) is 9.92. The maximum absolute atomic E-state index is 13.7. The van der Waals surface area contributed by atoms with Crippen molar-refractivity contribution in [1.82, 2.24) is 0 Å². The second kappa shape index (κ2) is 7.09. The number of benzene rings is 1. The second-order valence-corrected chi connectivity index (χ2v) is 4.12. The second-order valence-electron chi connectivity index (χ2n) is 4.12. The van der Waals surface area contributed by atoms with E-state index in [9.17, 15) is 14.3 Å². The first-order valence-corrected chi connectivity index (χ1v) is 6.20. The Labute approximate surface area is 117 Å². The summed E-state index contributed by atoms with van der Waals surface area (Å²) in [5.41, 5.74) is 0.394. The molecule has 0 heterocycles. The van der Waals surface area contributed by atoms with Gasteiger partial charge in [0.1, 0.15) is 6.17 Å². The first-order chi connectivity index (χ1) is 9.46. The molecule has 1 rings (SSSR count). The Hall–Kier alpha value is -1.82. The molecule has 6 heteroatoms. The smallest absolute Gasteiger partial charge is 0.339 e. The number of aliphatic hydroxyl groups excluding tert-OH is 1. The van der Waals surface area contributed by atoms with Gasteiger partial charge in [0.15, 0.2) is 17.6 Å². The van der Waals surface area contributed by atoms with Gasteiger partial charge in [-0.05, 0) is 31.5 Å². The molecule has 0 fully saturated rings. The van der Waals surface area contributed by atoms with E-state index in [1.165, 1.54) is 33.3 Å². The average molecular weight is 286 g/mol. The monoisotopic (exact) mass is 286 g/mol. The summed E-state index contributed by atoms with van der Waals surface area (Å²) in [5.74, 6) is -0.313. The minimum absolute atomic E-state index is 0.148. The van der Waals surface area contributed by atoms with Gasteiger partial charge in [0, 0.05) is 5.56 Å². The zero-order valence-electron chi connectivity index (χ0n) is 12.0. The number of hydrogen-bond acceptors (Lipinski definition) is 5. The number of carbonyl (C=O) groups is 1. The standard InChI is InChI=1S/C14H19FO5/c1-5-20-14(17)12(16)9-6-10(8(2)15)13(19-4)11(7-9)18-3/h6-8,12,16H,5H2,1-4H3. The van der Waals surface area contributed by atoms with Gasteiger partial charge < -0.3 is 19.3 Å². The lowest BCUT2D eigenvalue weighted by atomic mass is 10.0. The molecule has 1 aromatic rings. The number of hydrogen-bond donors (Lipinski definition) is 1. The minimum Gasteiger partial charge on any atom is -0.493 e. The van der Waals surface area contributed by atoms with Crippen LogP contribution in [0, 0.1) is 0 Å². The van der Waals surface area contributed by atoms with Crippen LogP contribution in [0.5, 0.6) is 11.5 Å². The molecule has 0 amide bonds. The van der Waals surface area contributed by atoms with Gasteiger partial charge in [0.2, 0.25) is 0 Å². The molecule has 0 aliphatic rings. The number of ether oxygens (including phenoxy) is 3. The number of methoxy groups -OCH3 is 2. The van der Waals surface area contributed by atoms with Crippen LogP contribution in [-0.4, -0.2) is 31.9 Å². The highest BCUT2D eigenvalue weighted by molar-refractivity contribution is 5.76. The molecule has 1 N–H and O–H groups in total. The fraction of sp³-hybridized carbons (Fsp3) is 0.500. The molecule has 20 heavy (non-hydrogen) atoms. The summed E-state index contributed by atoms with van der Waals surface area (Å²) in [7, 11) is 2.79. The van der Waals surface area contributed by atoms with Gasteiger partial charge >= 0.3 is 5.97 Å². The predicted octanol–water partition coefficient (Wildman–Crippen LogP) is 2.33. The highest BCUT2D eigenvalue weighted by Gasteiger charge is 2.24. The van der Waals surface area contributed by atoms with Crippen LogP contribution in [0.2, 0.25) is 0 Å². The van der Waals surface area contributed by atoms with Crippen molar-refractivity contribution in [3.8, 4) is 11.5 Å². The molecule has 2 atom stereocenters. The Morgan fingerprint density at radius 3 is 2.45 bits per heavy atom. The third-order valence-corrected chi connectivity index (χ3v) is 2.78. The van der Waals surface area contributed by atoms with Gasteiger partial charge in [0.25, 0.3) is 0 Å². The molecule has 1 aromatic carbocycles. The largest absolute Gasteiger partial charge is 0.493 e. The highest BCUT2D eigenvalue weighted by Crippen LogP contribution is 2.39. The Balaban J connectivity index is 3.28. The van der Waals surface area contributed by atoms with Crippen molar-refractivity contribution >= 4 is 5.97 Å². The van der Waals surface area contributed by atoms with E-state index >= 15 is 0 Å². The molecular weight excluding hydrogens is 267 g/mol. The van der Waals surface area contributed by atoms with Gasteiger partial charge in [-0.3, -0.25) is 0 Å². The average Bonchev–Trinajstić information content (AvgIpc) is 2.44. The van der Waals surface area contributed by atoms with Crippen LogP contribution in [0.4, 0.5) is 4.39 Å². The van der Waals surface area contributed by atoms with Crippen molar-refractivity contribution in [2.24, 2.45) is 0 Å². The first kappa shape index (κ1) is 16.2. The van der Waals surface area contributed by atoms with Crippen molar-refractivity contribution in [2.75, 3.05) is 20.8 Å². The fourth-order valence-corrected chi connectivity index (χ4v) is 1.83. The van der Waals surface area contributed by atoms with E-state index in [0.717, 1.165) is 0 Å². The normalized spacial score (nSPS) is 13.5. The Morgan fingerprint density at radius 2 is 2.00 bits per heavy atom. The van der Waals surface area contributed by atoms with E-state index in [4.69, 9.17) is 14.2 Å². The number of alkyl halides is 1. The van der Waals surface area contributed by atoms with E-state index in [-0.39, 0.29) is 29.2 Å². The molecule has 0 bridgehead atoms. The van der Waals surface area contributed by atoms with Crippen LogP contribution < -0.4 is 9.47 Å². The van der Waals surface area contributed by atoms with Crippen LogP contribution in [0.25, 0.3) is 0 Å². The molecular formula is C14H19FO5. The summed E-state index contributed by atoms with van der Waals surface area (Å²) in [6.07, 6.45) is -2.83. The van der Waals surface area contributed by atoms with E-state index in [1.807, 2.05) is 0 Å². The van der Waals surface area contributed by atoms with Gasteiger partial charge in [-0.25, -0.2) is 9.18 Å². The zero-order chi connectivity index (χ0) is 15.3. The molecule has 2 unspecified atom stereocenters. The molecule has 0 saturated carbocycles. The lowest BCUT2D eigenvalue weighted by molar-refractivity contribution is -0.153. The number of aliphatic hydroxyl groups is 1. The fourth-order valence-electron chi connectivity index (χ4n) is 1.83. The van der Waals surface area contributed by atoms with Crippen molar-refractivity contribution in [3.63, 3.8) is 0 Å². The van der Waals surface area contributed by atoms with Gasteiger partial charge in [0.05, 0.1) is 20.8 Å². The van der Waals surface area contributed by atoms with Gasteiger partial charge in [-0.1, -0.05) is 0 Å². The molecule has 5 nitrogen and oxygen atoms in total. The molecule has 0 saturated heterocycles. The van der Waals surface area contributed by atoms with Crippen LogP contribution in [-0.2, 0) is 9.53 Å². The summed E-state index contributed by atoms with van der Waals surface area (Å²) < 4.78 is 28.6. The SMILES string of the molecule is CCOC(=O)C(O)c1cc(OC)c(OC)c(C(C)F)c1. The highest BCUT2D eigenvalue weighted by atomic mass is 19.1. The molecule has 112 valence electrons. The summed E-state index contributed by atoms with van der Waals surface area (Å²) in [6.45, 7) is 3.11. The van der Waals surface area contributed by atoms with Crippen molar-refractivity contribution in [1.29, 1.82) is 0 Å². The number of carbonyl (C=O) groups excluding carboxylic acids is 1. The van der Waals surface area contributed by atoms with Gasteiger partial charge in [-0.15, -0.1) is 0 Å². The maximum atomic E-state index is 13.7. The summed E-state index contributed by atoms with van der Waals surface area (Å²) in [4.78, 5) is 11.5. The lowest BCUT2D eigenvalue weighted by Gasteiger charge is -2.17. The van der Waals surface area contributed by atoms with Crippen LogP contribution in [0.1, 0.15) is 37.3 Å². The van der Waals surface area contributed by atoms with Crippen LogP contribution >= 0.6 is 0 Å². The first-order valence-electron chi connectivity index (χ1n) is 6.20. The van der Waals surface area contributed by atoms with E-state index < -0.39 is 18.2 Å². The summed E-state index contributed by atoms with van der Waals surface area (Å²) >= 11 is 0. The lowest BCUT2D eigenvalue weighted by Crippen LogP contribution is -2.16. The zero-order valence-corrected chi connectivity index (χ0v) is 12.0. The van der Waals surface area contributed by atoms with E-state index in [2.05, 4.69) is 0 Å². The molecule has 0 aliphatic carbocycles. The molecule has 0 radical (unpaired) electrons. The maximum Gasteiger partial charge on any atom is 0.339 e. The van der Waals surface area contributed by atoms with Crippen LogP contribution in [0.15, 0.2) is 12.1 Å². The van der Waals surface area contributed by atoms with Crippen LogP contribution in [0.3, 0.4) is 0 Å². The van der Waals surface area contributed by atoms with Gasteiger partial charge in [-0.2, -0.15) is 0 Å². The molecule has 0 aromatic heterocycles. The number of rotatable bonds is 6. The van der Waals surface area contributed by atoms with Crippen molar-refractivity contribution < 1.29 is 28.5 Å². The van der Waals surface area contributed by atoms with Crippen molar-refractivity contribution in [2.45, 2.75) is 26.1 Å².